The molecule has 0 aliphatic carbocycles. The molecule has 1 aliphatic rings. The zero-order valence-electron chi connectivity index (χ0n) is 17.4. The summed E-state index contributed by atoms with van der Waals surface area (Å²) in [6, 6.07) is 15.5. The van der Waals surface area contributed by atoms with Gasteiger partial charge in [0.1, 0.15) is 5.56 Å². The van der Waals surface area contributed by atoms with Crippen LogP contribution in [-0.4, -0.2) is 29.4 Å². The molecule has 0 saturated carbocycles. The van der Waals surface area contributed by atoms with Crippen LogP contribution < -0.4 is 10.2 Å². The van der Waals surface area contributed by atoms with Crippen molar-refractivity contribution in [3.05, 3.63) is 77.1 Å². The van der Waals surface area contributed by atoms with Gasteiger partial charge in [0.15, 0.2) is 6.61 Å². The van der Waals surface area contributed by atoms with Gasteiger partial charge < -0.3 is 15.0 Å². The normalized spacial score (nSPS) is 12.4. The molecule has 0 saturated heterocycles. The Bertz CT molecular complexity index is 1120. The Morgan fingerprint density at radius 3 is 2.16 bits per heavy atom. The lowest BCUT2D eigenvalue weighted by molar-refractivity contribution is -0.121. The SMILES string of the molecule is CC(=O)Nc1c[nH]c(C)c1C(=O)OCC(=O)N1c2ccccc2CCc2ccccc21. The second kappa shape index (κ2) is 8.47. The average Bonchev–Trinajstić information content (AvgIpc) is 3.02. The van der Waals surface area contributed by atoms with E-state index in [0.29, 0.717) is 11.4 Å². The number of nitrogens with one attached hydrogen (secondary N) is 2. The number of amides is 2. The first kappa shape index (κ1) is 20.4. The molecule has 0 spiro atoms. The number of H-pyrrole nitrogens is 1. The molecule has 2 N–H and O–H groups in total. The maximum absolute atomic E-state index is 13.3. The summed E-state index contributed by atoms with van der Waals surface area (Å²) in [5, 5.41) is 2.59. The Morgan fingerprint density at radius 1 is 1.00 bits per heavy atom. The van der Waals surface area contributed by atoms with Gasteiger partial charge in [-0.3, -0.25) is 14.5 Å². The van der Waals surface area contributed by atoms with Gasteiger partial charge in [-0.2, -0.15) is 0 Å². The molecule has 31 heavy (non-hydrogen) atoms. The molecular formula is C24H23N3O4. The van der Waals surface area contributed by atoms with Gasteiger partial charge >= 0.3 is 5.97 Å². The van der Waals surface area contributed by atoms with Crippen molar-refractivity contribution in [1.82, 2.24) is 4.98 Å². The third-order valence-electron chi connectivity index (χ3n) is 5.30. The van der Waals surface area contributed by atoms with Crippen LogP contribution in [-0.2, 0) is 27.2 Å². The number of anilines is 3. The highest BCUT2D eigenvalue weighted by Gasteiger charge is 2.27. The molecule has 7 nitrogen and oxygen atoms in total. The van der Waals surface area contributed by atoms with Crippen molar-refractivity contribution >= 4 is 34.8 Å². The predicted octanol–water partition coefficient (Wildman–Crippen LogP) is 3.90. The minimum absolute atomic E-state index is 0.208. The van der Waals surface area contributed by atoms with E-state index >= 15 is 0 Å². The second-order valence-corrected chi connectivity index (χ2v) is 7.45. The summed E-state index contributed by atoms with van der Waals surface area (Å²) < 4.78 is 5.37. The smallest absolute Gasteiger partial charge is 0.342 e. The molecule has 3 aromatic rings. The maximum Gasteiger partial charge on any atom is 0.342 e. The van der Waals surface area contributed by atoms with E-state index in [-0.39, 0.29) is 17.4 Å². The van der Waals surface area contributed by atoms with Gasteiger partial charge in [0.2, 0.25) is 5.91 Å². The summed E-state index contributed by atoms with van der Waals surface area (Å²) in [6.45, 7) is 2.63. The zero-order chi connectivity index (χ0) is 22.0. The van der Waals surface area contributed by atoms with E-state index in [1.165, 1.54) is 13.1 Å². The lowest BCUT2D eigenvalue weighted by Gasteiger charge is -2.24. The second-order valence-electron chi connectivity index (χ2n) is 7.45. The fraction of sp³-hybridized carbons (Fsp3) is 0.208. The predicted molar refractivity (Wildman–Crippen MR) is 118 cm³/mol. The Labute approximate surface area is 180 Å². The van der Waals surface area contributed by atoms with E-state index < -0.39 is 12.6 Å². The molecule has 1 aromatic heterocycles. The van der Waals surface area contributed by atoms with Crippen LogP contribution in [0.1, 0.15) is 34.1 Å². The summed E-state index contributed by atoms with van der Waals surface area (Å²) >= 11 is 0. The van der Waals surface area contributed by atoms with E-state index in [4.69, 9.17) is 4.74 Å². The zero-order valence-corrected chi connectivity index (χ0v) is 17.4. The highest BCUT2D eigenvalue weighted by Crippen LogP contribution is 2.36. The number of para-hydroxylation sites is 2. The van der Waals surface area contributed by atoms with Crippen molar-refractivity contribution in [3.8, 4) is 0 Å². The van der Waals surface area contributed by atoms with Gasteiger partial charge in [0, 0.05) is 18.8 Å². The molecule has 2 heterocycles. The van der Waals surface area contributed by atoms with Crippen molar-refractivity contribution in [1.29, 1.82) is 0 Å². The lowest BCUT2D eigenvalue weighted by Crippen LogP contribution is -2.31. The molecule has 0 atom stereocenters. The Hall–Kier alpha value is -3.87. The molecule has 1 aliphatic heterocycles. The van der Waals surface area contributed by atoms with Crippen molar-refractivity contribution in [3.63, 3.8) is 0 Å². The van der Waals surface area contributed by atoms with Gasteiger partial charge in [-0.15, -0.1) is 0 Å². The number of aromatic amines is 1. The highest BCUT2D eigenvalue weighted by atomic mass is 16.5. The average molecular weight is 417 g/mol. The number of ether oxygens (including phenoxy) is 1. The first-order valence-corrected chi connectivity index (χ1v) is 10.1. The van der Waals surface area contributed by atoms with Crippen LogP contribution in [0.5, 0.6) is 0 Å². The molecule has 7 heteroatoms. The van der Waals surface area contributed by atoms with Gasteiger partial charge in [-0.25, -0.2) is 4.79 Å². The minimum atomic E-state index is -0.674. The number of benzene rings is 2. The van der Waals surface area contributed by atoms with Crippen LogP contribution in [0.25, 0.3) is 0 Å². The molecule has 0 radical (unpaired) electrons. The monoisotopic (exact) mass is 417 g/mol. The summed E-state index contributed by atoms with van der Waals surface area (Å²) in [5.74, 6) is -1.32. The molecule has 158 valence electrons. The number of fused-ring (bicyclic) bond motifs is 2. The number of aromatic nitrogens is 1. The first-order chi connectivity index (χ1) is 15.0. The van der Waals surface area contributed by atoms with Gasteiger partial charge in [0.25, 0.3) is 5.91 Å². The Balaban J connectivity index is 1.59. The number of rotatable bonds is 4. The number of hydrogen-bond acceptors (Lipinski definition) is 4. The molecule has 0 bridgehead atoms. The topological polar surface area (TPSA) is 91.5 Å². The molecule has 0 unspecified atom stereocenters. The first-order valence-electron chi connectivity index (χ1n) is 10.1. The Kier molecular flexibility index (Phi) is 5.58. The van der Waals surface area contributed by atoms with E-state index in [1.807, 2.05) is 48.5 Å². The lowest BCUT2D eigenvalue weighted by atomic mass is 10.0. The van der Waals surface area contributed by atoms with Crippen LogP contribution in [0.2, 0.25) is 0 Å². The summed E-state index contributed by atoms with van der Waals surface area (Å²) in [7, 11) is 0. The quantitative estimate of drug-likeness (QED) is 0.630. The third kappa shape index (κ3) is 4.07. The van der Waals surface area contributed by atoms with E-state index in [1.54, 1.807) is 11.8 Å². The van der Waals surface area contributed by atoms with Gasteiger partial charge in [-0.1, -0.05) is 36.4 Å². The van der Waals surface area contributed by atoms with Crippen LogP contribution >= 0.6 is 0 Å². The molecule has 0 fully saturated rings. The number of carbonyl (C=O) groups excluding carboxylic acids is 3. The van der Waals surface area contributed by atoms with Gasteiger partial charge in [0.05, 0.1) is 17.1 Å². The van der Waals surface area contributed by atoms with Crippen LogP contribution in [0.4, 0.5) is 17.1 Å². The molecule has 2 aromatic carbocycles. The van der Waals surface area contributed by atoms with E-state index in [2.05, 4.69) is 10.3 Å². The maximum atomic E-state index is 13.3. The van der Waals surface area contributed by atoms with Crippen LogP contribution in [0, 0.1) is 6.92 Å². The standard InChI is InChI=1S/C24H23N3O4/c1-15-23(19(13-25-15)26-16(2)28)24(30)31-14-22(29)27-20-9-5-3-7-17(20)11-12-18-8-4-6-10-21(18)27/h3-10,13,25H,11-12,14H2,1-2H3,(H,26,28). The highest BCUT2D eigenvalue weighted by molar-refractivity contribution is 6.06. The molecule has 4 rings (SSSR count). The van der Waals surface area contributed by atoms with Crippen molar-refractivity contribution < 1.29 is 19.1 Å². The van der Waals surface area contributed by atoms with E-state index in [9.17, 15) is 14.4 Å². The van der Waals surface area contributed by atoms with Crippen molar-refractivity contribution in [2.45, 2.75) is 26.7 Å². The van der Waals surface area contributed by atoms with Crippen LogP contribution in [0.3, 0.4) is 0 Å². The number of aryl methyl sites for hydroxylation is 3. The third-order valence-corrected chi connectivity index (χ3v) is 5.30. The summed E-state index contributed by atoms with van der Waals surface area (Å²) in [5.41, 5.74) is 4.80. The summed E-state index contributed by atoms with van der Waals surface area (Å²) in [4.78, 5) is 41.9. The fourth-order valence-corrected chi connectivity index (χ4v) is 3.89. The van der Waals surface area contributed by atoms with Crippen molar-refractivity contribution in [2.75, 3.05) is 16.8 Å². The number of esters is 1. The largest absolute Gasteiger partial charge is 0.452 e. The van der Waals surface area contributed by atoms with Crippen LogP contribution in [0.15, 0.2) is 54.7 Å². The van der Waals surface area contributed by atoms with Crippen molar-refractivity contribution in [2.24, 2.45) is 0 Å². The van der Waals surface area contributed by atoms with E-state index in [0.717, 1.165) is 35.3 Å². The van der Waals surface area contributed by atoms with Gasteiger partial charge in [-0.05, 0) is 43.0 Å². The molecule has 2 amide bonds. The number of carbonyl (C=O) groups is 3. The summed E-state index contributed by atoms with van der Waals surface area (Å²) in [6.07, 6.45) is 3.16. The molecular weight excluding hydrogens is 394 g/mol. The Morgan fingerprint density at radius 2 is 1.58 bits per heavy atom. The fourth-order valence-electron chi connectivity index (χ4n) is 3.89. The number of hydrogen-bond donors (Lipinski definition) is 2. The minimum Gasteiger partial charge on any atom is -0.452 e. The number of nitrogens with zero attached hydrogens (tertiary/aromatic N) is 1.